The average molecular weight is 466 g/mol. The van der Waals surface area contributed by atoms with Crippen LogP contribution < -0.4 is 9.47 Å². The van der Waals surface area contributed by atoms with Crippen LogP contribution >= 0.6 is 0 Å². The molecule has 34 heavy (non-hydrogen) atoms. The summed E-state index contributed by atoms with van der Waals surface area (Å²) in [7, 11) is 1.66. The van der Waals surface area contributed by atoms with Crippen LogP contribution in [-0.2, 0) is 6.61 Å². The number of aromatic amines is 1. The second kappa shape index (κ2) is 9.48. The zero-order valence-corrected chi connectivity index (χ0v) is 19.1. The van der Waals surface area contributed by atoms with E-state index in [0.717, 1.165) is 4.73 Å². The molecule has 0 aliphatic carbocycles. The van der Waals surface area contributed by atoms with Crippen molar-refractivity contribution in [2.75, 3.05) is 13.7 Å². The first-order valence-corrected chi connectivity index (χ1v) is 10.9. The third-order valence-electron chi connectivity index (χ3n) is 5.93. The van der Waals surface area contributed by atoms with Gasteiger partial charge in [-0.05, 0) is 49.7 Å². The molecule has 0 radical (unpaired) electrons. The highest BCUT2D eigenvalue weighted by atomic mass is 19.1. The van der Waals surface area contributed by atoms with Gasteiger partial charge >= 0.3 is 0 Å². The van der Waals surface area contributed by atoms with Crippen LogP contribution in [0.25, 0.3) is 22.0 Å². The Morgan fingerprint density at radius 1 is 1.29 bits per heavy atom. The van der Waals surface area contributed by atoms with Gasteiger partial charge in [-0.15, -0.1) is 0 Å². The monoisotopic (exact) mass is 465 g/mol. The lowest BCUT2D eigenvalue weighted by Gasteiger charge is -2.25. The number of nitrogens with one attached hydrogen (secondary N) is 1. The van der Waals surface area contributed by atoms with Gasteiger partial charge in [0.05, 0.1) is 23.6 Å². The molecule has 8 nitrogen and oxygen atoms in total. The molecule has 2 heterocycles. The summed E-state index contributed by atoms with van der Waals surface area (Å²) in [5.41, 5.74) is 3.20. The zero-order chi connectivity index (χ0) is 24.4. The number of halogens is 1. The summed E-state index contributed by atoms with van der Waals surface area (Å²) in [6.07, 6.45) is 3.03. The van der Waals surface area contributed by atoms with E-state index < -0.39 is 6.04 Å². The van der Waals surface area contributed by atoms with Gasteiger partial charge in [-0.3, -0.25) is 15.1 Å². The Bertz CT molecular complexity index is 1350. The maximum absolute atomic E-state index is 13.8. The van der Waals surface area contributed by atoms with Crippen molar-refractivity contribution in [2.45, 2.75) is 26.5 Å². The predicted octanol–water partition coefficient (Wildman–Crippen LogP) is 3.62. The Hall–Kier alpha value is -3.98. The molecule has 0 aliphatic rings. The molecule has 4 aromatic rings. The molecule has 0 fully saturated rings. The van der Waals surface area contributed by atoms with Crippen LogP contribution in [0.15, 0.2) is 54.9 Å². The van der Waals surface area contributed by atoms with Gasteiger partial charge in [-0.1, -0.05) is 12.1 Å². The van der Waals surface area contributed by atoms with E-state index in [1.165, 1.54) is 23.2 Å². The fourth-order valence-electron chi connectivity index (χ4n) is 4.00. The van der Waals surface area contributed by atoms with E-state index in [0.29, 0.717) is 51.2 Å². The van der Waals surface area contributed by atoms with E-state index in [-0.39, 0.29) is 18.3 Å². The molecule has 3 N–H and O–H groups in total. The number of hydrogen-bond acceptors (Lipinski definition) is 5. The summed E-state index contributed by atoms with van der Waals surface area (Å²) in [4.78, 5) is 14.9. The lowest BCUT2D eigenvalue weighted by molar-refractivity contribution is -0.909. The Morgan fingerprint density at radius 2 is 2.09 bits per heavy atom. The number of rotatable bonds is 7. The SMILES string of the molecule is CCOc1cc(C(=O)N(C)C(C)c2c[n+](O)c(CO)c3c[nH]nc23)ccc1-c1cccc(F)c1. The molecule has 9 heteroatoms. The first-order valence-electron chi connectivity index (χ1n) is 10.9. The Morgan fingerprint density at radius 3 is 2.79 bits per heavy atom. The van der Waals surface area contributed by atoms with Crippen molar-refractivity contribution >= 4 is 16.8 Å². The number of nitrogens with zero attached hydrogens (tertiary/aromatic N) is 3. The number of ether oxygens (including phenoxy) is 1. The molecule has 4 rings (SSSR count). The lowest BCUT2D eigenvalue weighted by atomic mass is 10.0. The number of aliphatic hydroxyl groups excluding tert-OH is 1. The first-order chi connectivity index (χ1) is 16.3. The summed E-state index contributed by atoms with van der Waals surface area (Å²) in [6, 6.07) is 10.8. The summed E-state index contributed by atoms with van der Waals surface area (Å²) >= 11 is 0. The number of pyridine rings is 1. The largest absolute Gasteiger partial charge is 0.493 e. The number of benzene rings is 2. The molecular weight excluding hydrogens is 439 g/mol. The Labute approximate surface area is 195 Å². The van der Waals surface area contributed by atoms with E-state index >= 15 is 0 Å². The summed E-state index contributed by atoms with van der Waals surface area (Å²) < 4.78 is 20.4. The number of aromatic nitrogens is 3. The molecule has 2 aromatic heterocycles. The predicted molar refractivity (Wildman–Crippen MR) is 123 cm³/mol. The summed E-state index contributed by atoms with van der Waals surface area (Å²) in [5.74, 6) is -0.138. The smallest absolute Gasteiger partial charge is 0.270 e. The van der Waals surface area contributed by atoms with Crippen LogP contribution in [0, 0.1) is 5.82 Å². The molecule has 1 amide bonds. The minimum atomic E-state index is -0.456. The van der Waals surface area contributed by atoms with Gasteiger partial charge in [0, 0.05) is 29.1 Å². The zero-order valence-electron chi connectivity index (χ0n) is 19.1. The molecule has 2 aromatic carbocycles. The van der Waals surface area contributed by atoms with E-state index in [4.69, 9.17) is 4.74 Å². The fourth-order valence-corrected chi connectivity index (χ4v) is 4.00. The normalized spacial score (nSPS) is 12.0. The van der Waals surface area contributed by atoms with Crippen LogP contribution in [0.1, 0.15) is 41.5 Å². The number of hydrogen-bond donors (Lipinski definition) is 3. The number of carbonyl (C=O) groups excluding carboxylic acids is 1. The van der Waals surface area contributed by atoms with Crippen molar-refractivity contribution in [3.05, 3.63) is 77.5 Å². The van der Waals surface area contributed by atoms with Gasteiger partial charge in [-0.2, -0.15) is 5.10 Å². The minimum absolute atomic E-state index is 0.265. The van der Waals surface area contributed by atoms with Gasteiger partial charge in [0.15, 0.2) is 0 Å². The van der Waals surface area contributed by atoms with Crippen molar-refractivity contribution < 1.29 is 29.0 Å². The minimum Gasteiger partial charge on any atom is -0.493 e. The maximum atomic E-state index is 13.8. The lowest BCUT2D eigenvalue weighted by Crippen LogP contribution is -2.38. The van der Waals surface area contributed by atoms with E-state index in [1.54, 1.807) is 43.6 Å². The van der Waals surface area contributed by atoms with Gasteiger partial charge in [0.2, 0.25) is 6.20 Å². The van der Waals surface area contributed by atoms with Crippen LogP contribution in [0.5, 0.6) is 5.75 Å². The maximum Gasteiger partial charge on any atom is 0.270 e. The standard InChI is InChI=1S/C25H25FN4O4/c1-4-34-23-11-17(8-9-19(23)16-6-5-7-18(26)10-16)25(32)29(3)15(2)21-13-30(33)22(14-31)20-12-27-28-24(20)21/h5-13,15,31,33H,4,14H2,1-3H3/p+1. The van der Waals surface area contributed by atoms with Crippen molar-refractivity contribution in [3.8, 4) is 16.9 Å². The van der Waals surface area contributed by atoms with E-state index in [2.05, 4.69) is 10.2 Å². The van der Waals surface area contributed by atoms with Crippen LogP contribution in [-0.4, -0.2) is 45.0 Å². The molecule has 0 aliphatic heterocycles. The quantitative estimate of drug-likeness (QED) is 0.286. The van der Waals surface area contributed by atoms with Crippen molar-refractivity contribution in [2.24, 2.45) is 0 Å². The highest BCUT2D eigenvalue weighted by molar-refractivity contribution is 5.96. The Kier molecular flexibility index (Phi) is 6.47. The van der Waals surface area contributed by atoms with E-state index in [1.807, 2.05) is 13.8 Å². The van der Waals surface area contributed by atoms with Crippen molar-refractivity contribution in [1.29, 1.82) is 0 Å². The molecule has 176 valence electrons. The van der Waals surface area contributed by atoms with Gasteiger partial charge in [0.25, 0.3) is 11.6 Å². The molecule has 0 bridgehead atoms. The second-order valence-corrected chi connectivity index (χ2v) is 7.93. The Balaban J connectivity index is 1.68. The number of fused-ring (bicyclic) bond motifs is 1. The molecule has 0 saturated carbocycles. The number of aliphatic hydroxyl groups is 1. The fraction of sp³-hybridized carbons (Fsp3) is 0.240. The average Bonchev–Trinajstić information content (AvgIpc) is 3.32. The van der Waals surface area contributed by atoms with Crippen molar-refractivity contribution in [1.82, 2.24) is 15.1 Å². The topological polar surface area (TPSA) is 103 Å². The van der Waals surface area contributed by atoms with Crippen molar-refractivity contribution in [3.63, 3.8) is 0 Å². The number of H-pyrrole nitrogens is 1. The third kappa shape index (κ3) is 4.17. The molecular formula is C25H26FN4O4+. The molecule has 0 spiro atoms. The molecule has 0 saturated heterocycles. The summed E-state index contributed by atoms with van der Waals surface area (Å²) in [5, 5.41) is 27.5. The highest BCUT2D eigenvalue weighted by Crippen LogP contribution is 2.33. The van der Waals surface area contributed by atoms with E-state index in [9.17, 15) is 19.5 Å². The van der Waals surface area contributed by atoms with Gasteiger partial charge in [-0.25, -0.2) is 4.39 Å². The second-order valence-electron chi connectivity index (χ2n) is 7.93. The van der Waals surface area contributed by atoms with Gasteiger partial charge in [0.1, 0.15) is 23.7 Å². The molecule has 1 unspecified atom stereocenters. The van der Waals surface area contributed by atoms with Crippen LogP contribution in [0.4, 0.5) is 4.39 Å². The van der Waals surface area contributed by atoms with Crippen LogP contribution in [0.3, 0.4) is 0 Å². The third-order valence-corrected chi connectivity index (χ3v) is 5.93. The number of carbonyl (C=O) groups is 1. The van der Waals surface area contributed by atoms with Crippen LogP contribution in [0.2, 0.25) is 0 Å². The first kappa shape index (κ1) is 23.2. The number of amides is 1. The highest BCUT2D eigenvalue weighted by Gasteiger charge is 2.28. The summed E-state index contributed by atoms with van der Waals surface area (Å²) in [6.45, 7) is 3.68. The van der Waals surface area contributed by atoms with Gasteiger partial charge < -0.3 is 14.7 Å². The molecule has 1 atom stereocenters.